The molecule has 0 N–H and O–H groups in total. The summed E-state index contributed by atoms with van der Waals surface area (Å²) in [5.41, 5.74) is 0.204. The van der Waals surface area contributed by atoms with Crippen LogP contribution < -0.4 is 0 Å². The Bertz CT molecular complexity index is 511. The second-order valence-corrected chi connectivity index (χ2v) is 9.29. The van der Waals surface area contributed by atoms with Gasteiger partial charge in [0.1, 0.15) is 6.04 Å². The van der Waals surface area contributed by atoms with Gasteiger partial charge in [-0.05, 0) is 37.5 Å². The molecule has 2 aliphatic rings. The Labute approximate surface area is 128 Å². The smallest absolute Gasteiger partial charge is 0.241 e. The number of nitrogens with zero attached hydrogens (tertiary/aromatic N) is 2. The lowest BCUT2D eigenvalue weighted by molar-refractivity contribution is -0.138. The van der Waals surface area contributed by atoms with Crippen molar-refractivity contribution in [2.24, 2.45) is 11.3 Å². The van der Waals surface area contributed by atoms with Crippen LogP contribution in [0.15, 0.2) is 0 Å². The number of hydrogen-bond donors (Lipinski definition) is 0. The van der Waals surface area contributed by atoms with Crippen molar-refractivity contribution in [2.75, 3.05) is 19.3 Å². The first-order chi connectivity index (χ1) is 9.60. The van der Waals surface area contributed by atoms with Crippen LogP contribution in [0.25, 0.3) is 0 Å². The molecule has 0 aromatic heterocycles. The molecule has 0 radical (unpaired) electrons. The summed E-state index contributed by atoms with van der Waals surface area (Å²) in [6.07, 6.45) is 2.90. The zero-order valence-electron chi connectivity index (χ0n) is 13.8. The first-order valence-electron chi connectivity index (χ1n) is 7.86. The van der Waals surface area contributed by atoms with Crippen molar-refractivity contribution < 1.29 is 13.2 Å². The molecule has 2 atom stereocenters. The number of hydrogen-bond acceptors (Lipinski definition) is 3. The molecule has 0 bridgehead atoms. The molecule has 0 aromatic rings. The molecule has 21 heavy (non-hydrogen) atoms. The number of carbonyl (C=O) groups excluding carboxylic acids is 1. The molecule has 0 unspecified atom stereocenters. The Morgan fingerprint density at radius 2 is 1.81 bits per heavy atom. The normalized spacial score (nSPS) is 26.6. The van der Waals surface area contributed by atoms with Crippen molar-refractivity contribution in [1.82, 2.24) is 9.21 Å². The van der Waals surface area contributed by atoms with E-state index in [2.05, 4.69) is 13.8 Å². The minimum Gasteiger partial charge on any atom is -0.341 e. The van der Waals surface area contributed by atoms with Crippen molar-refractivity contribution in [3.05, 3.63) is 0 Å². The van der Waals surface area contributed by atoms with E-state index in [9.17, 15) is 13.2 Å². The van der Waals surface area contributed by atoms with Gasteiger partial charge < -0.3 is 4.90 Å². The summed E-state index contributed by atoms with van der Waals surface area (Å²) in [4.78, 5) is 14.7. The molecule has 122 valence electrons. The van der Waals surface area contributed by atoms with Gasteiger partial charge in [0.05, 0.1) is 5.75 Å². The molecule has 1 amide bonds. The third-order valence-electron chi connectivity index (χ3n) is 5.31. The molecule has 2 fully saturated rings. The van der Waals surface area contributed by atoms with Crippen LogP contribution in [0.2, 0.25) is 0 Å². The molecular formula is C15H28N2O3S. The second-order valence-electron chi connectivity index (χ2n) is 7.25. The SMILES string of the molecule is CC(C)[C@@H](C(=O)N(C)[C@H](C)C1(C)CC1)N1CCCS1(=O)=O. The molecule has 1 heterocycles. The lowest BCUT2D eigenvalue weighted by Gasteiger charge is -2.36. The topological polar surface area (TPSA) is 57.7 Å². The van der Waals surface area contributed by atoms with Crippen molar-refractivity contribution in [3.8, 4) is 0 Å². The van der Waals surface area contributed by atoms with E-state index in [-0.39, 0.29) is 29.0 Å². The maximum atomic E-state index is 12.9. The summed E-state index contributed by atoms with van der Waals surface area (Å²) in [7, 11) is -1.46. The summed E-state index contributed by atoms with van der Waals surface area (Å²) < 4.78 is 25.8. The average Bonchev–Trinajstić information content (AvgIpc) is 3.05. The van der Waals surface area contributed by atoms with Gasteiger partial charge in [0.2, 0.25) is 15.9 Å². The highest BCUT2D eigenvalue weighted by Crippen LogP contribution is 2.49. The third-order valence-corrected chi connectivity index (χ3v) is 7.24. The Morgan fingerprint density at radius 3 is 2.19 bits per heavy atom. The van der Waals surface area contributed by atoms with Gasteiger partial charge in [0.15, 0.2) is 0 Å². The van der Waals surface area contributed by atoms with Gasteiger partial charge in [-0.2, -0.15) is 4.31 Å². The summed E-state index contributed by atoms with van der Waals surface area (Å²) in [5.74, 6) is 0.0867. The first kappa shape index (κ1) is 16.7. The maximum Gasteiger partial charge on any atom is 0.241 e. The molecule has 2 rings (SSSR count). The van der Waals surface area contributed by atoms with Crippen molar-refractivity contribution in [2.45, 2.75) is 59.0 Å². The lowest BCUT2D eigenvalue weighted by Crippen LogP contribution is -2.54. The predicted octanol–water partition coefficient (Wildman–Crippen LogP) is 1.69. The molecule has 0 spiro atoms. The number of sulfonamides is 1. The maximum absolute atomic E-state index is 12.9. The van der Waals surface area contributed by atoms with Gasteiger partial charge in [-0.1, -0.05) is 20.8 Å². The molecular weight excluding hydrogens is 288 g/mol. The minimum absolute atomic E-state index is 0.0213. The van der Waals surface area contributed by atoms with E-state index in [4.69, 9.17) is 0 Å². The highest BCUT2D eigenvalue weighted by atomic mass is 32.2. The fourth-order valence-electron chi connectivity index (χ4n) is 3.19. The third kappa shape index (κ3) is 3.11. The van der Waals surface area contributed by atoms with Gasteiger partial charge in [-0.15, -0.1) is 0 Å². The van der Waals surface area contributed by atoms with Crippen LogP contribution in [0.5, 0.6) is 0 Å². The lowest BCUT2D eigenvalue weighted by atomic mass is 9.96. The van der Waals surface area contributed by atoms with E-state index >= 15 is 0 Å². The molecule has 5 nitrogen and oxygen atoms in total. The standard InChI is InChI=1S/C15H28N2O3S/c1-11(2)13(17-9-6-10-21(17,19)20)14(18)16(5)12(3)15(4)7-8-15/h11-13H,6-10H2,1-5H3/t12-,13+/m1/s1. The van der Waals surface area contributed by atoms with E-state index in [0.717, 1.165) is 12.8 Å². The quantitative estimate of drug-likeness (QED) is 0.775. The highest BCUT2D eigenvalue weighted by Gasteiger charge is 2.48. The largest absolute Gasteiger partial charge is 0.341 e. The summed E-state index contributed by atoms with van der Waals surface area (Å²) >= 11 is 0. The van der Waals surface area contributed by atoms with Crippen LogP contribution in [0, 0.1) is 11.3 Å². The van der Waals surface area contributed by atoms with Gasteiger partial charge in [0.25, 0.3) is 0 Å². The van der Waals surface area contributed by atoms with Gasteiger partial charge in [-0.25, -0.2) is 8.42 Å². The summed E-state index contributed by atoms with van der Waals surface area (Å²) in [6.45, 7) is 8.58. The van der Waals surface area contributed by atoms with Crippen LogP contribution >= 0.6 is 0 Å². The number of carbonyl (C=O) groups is 1. The second kappa shape index (κ2) is 5.54. The van der Waals surface area contributed by atoms with E-state index in [1.807, 2.05) is 20.9 Å². The zero-order valence-corrected chi connectivity index (χ0v) is 14.6. The summed E-state index contributed by atoms with van der Waals surface area (Å²) in [5, 5.41) is 0. The minimum atomic E-state index is -3.27. The van der Waals surface area contributed by atoms with E-state index < -0.39 is 16.1 Å². The van der Waals surface area contributed by atoms with Crippen LogP contribution in [0.1, 0.15) is 47.0 Å². The fraction of sp³-hybridized carbons (Fsp3) is 0.933. The Balaban J connectivity index is 2.20. The molecule has 0 aromatic carbocycles. The Hall–Kier alpha value is -0.620. The Morgan fingerprint density at radius 1 is 1.24 bits per heavy atom. The average molecular weight is 316 g/mol. The van der Waals surface area contributed by atoms with E-state index in [0.29, 0.717) is 13.0 Å². The van der Waals surface area contributed by atoms with E-state index in [1.54, 1.807) is 4.90 Å². The number of amides is 1. The molecule has 6 heteroatoms. The Kier molecular flexibility index (Phi) is 4.42. The molecule has 1 saturated carbocycles. The number of likely N-dealkylation sites (N-methyl/N-ethyl adjacent to an activating group) is 1. The molecule has 1 aliphatic carbocycles. The highest BCUT2D eigenvalue weighted by molar-refractivity contribution is 7.89. The zero-order chi connectivity index (χ0) is 16.0. The van der Waals surface area contributed by atoms with Crippen molar-refractivity contribution in [3.63, 3.8) is 0 Å². The van der Waals surface area contributed by atoms with Crippen LogP contribution in [-0.4, -0.2) is 55.0 Å². The van der Waals surface area contributed by atoms with E-state index in [1.165, 1.54) is 4.31 Å². The van der Waals surface area contributed by atoms with Crippen molar-refractivity contribution in [1.29, 1.82) is 0 Å². The number of rotatable bonds is 5. The van der Waals surface area contributed by atoms with Gasteiger partial charge >= 0.3 is 0 Å². The molecule has 1 aliphatic heterocycles. The monoisotopic (exact) mass is 316 g/mol. The summed E-state index contributed by atoms with van der Waals surface area (Å²) in [6, 6.07) is -0.413. The van der Waals surface area contributed by atoms with Gasteiger partial charge in [-0.3, -0.25) is 4.79 Å². The molecule has 1 saturated heterocycles. The van der Waals surface area contributed by atoms with Crippen LogP contribution in [0.4, 0.5) is 0 Å². The predicted molar refractivity (Wildman–Crippen MR) is 83.3 cm³/mol. The first-order valence-corrected chi connectivity index (χ1v) is 9.47. The van der Waals surface area contributed by atoms with Crippen LogP contribution in [0.3, 0.4) is 0 Å². The van der Waals surface area contributed by atoms with Gasteiger partial charge in [0, 0.05) is 19.6 Å². The van der Waals surface area contributed by atoms with Crippen molar-refractivity contribution >= 4 is 15.9 Å². The fourth-order valence-corrected chi connectivity index (χ4v) is 5.01. The van der Waals surface area contributed by atoms with Crippen LogP contribution in [-0.2, 0) is 14.8 Å².